The standard InChI is InChI=1S/C23H21N3O5S2/c1-31-16-3-5-17(6-4-16)33(29,30)25-20-8-10-26-21(20)22(27)24-19-7-2-14(12-18(19)23(26)28)15-9-11-32-13-15/h2-7,9,11-13,20-21,25H,8,10H2,1H3,(H,24,27)/t20-,21-/m0/s1. The second-order valence-corrected chi connectivity index (χ2v) is 10.4. The molecule has 10 heteroatoms. The van der Waals surface area contributed by atoms with Gasteiger partial charge in [0, 0.05) is 6.54 Å². The largest absolute Gasteiger partial charge is 0.497 e. The topological polar surface area (TPSA) is 105 Å². The number of fused-ring (bicyclic) bond motifs is 2. The molecule has 3 heterocycles. The second kappa shape index (κ2) is 8.29. The van der Waals surface area contributed by atoms with Crippen molar-refractivity contribution in [2.75, 3.05) is 19.0 Å². The Morgan fingerprint density at radius 3 is 2.58 bits per heavy atom. The fourth-order valence-electron chi connectivity index (χ4n) is 4.29. The van der Waals surface area contributed by atoms with Gasteiger partial charge >= 0.3 is 0 Å². The van der Waals surface area contributed by atoms with Crippen LogP contribution in [0.15, 0.2) is 64.2 Å². The molecule has 5 rings (SSSR count). The van der Waals surface area contributed by atoms with E-state index in [1.54, 1.807) is 35.6 Å². The van der Waals surface area contributed by atoms with Crippen molar-refractivity contribution in [3.63, 3.8) is 0 Å². The highest BCUT2D eigenvalue weighted by atomic mass is 32.2. The number of carbonyl (C=O) groups excluding carboxylic acids is 2. The second-order valence-electron chi connectivity index (χ2n) is 7.90. The Morgan fingerprint density at radius 1 is 1.09 bits per heavy atom. The van der Waals surface area contributed by atoms with E-state index < -0.39 is 28.0 Å². The Bertz CT molecular complexity index is 1320. The highest BCUT2D eigenvalue weighted by molar-refractivity contribution is 7.89. The summed E-state index contributed by atoms with van der Waals surface area (Å²) >= 11 is 1.56. The monoisotopic (exact) mass is 483 g/mol. The maximum atomic E-state index is 13.4. The Balaban J connectivity index is 1.42. The summed E-state index contributed by atoms with van der Waals surface area (Å²) in [4.78, 5) is 28.0. The van der Waals surface area contributed by atoms with Gasteiger partial charge in [0.05, 0.1) is 29.3 Å². The summed E-state index contributed by atoms with van der Waals surface area (Å²) in [7, 11) is -2.40. The summed E-state index contributed by atoms with van der Waals surface area (Å²) in [6, 6.07) is 11.6. The van der Waals surface area contributed by atoms with Crippen LogP contribution < -0.4 is 14.8 Å². The number of carbonyl (C=O) groups is 2. The number of amides is 2. The molecule has 2 N–H and O–H groups in total. The van der Waals surface area contributed by atoms with E-state index in [1.807, 2.05) is 22.9 Å². The van der Waals surface area contributed by atoms with E-state index >= 15 is 0 Å². The minimum Gasteiger partial charge on any atom is -0.497 e. The zero-order valence-electron chi connectivity index (χ0n) is 17.6. The fourth-order valence-corrected chi connectivity index (χ4v) is 6.23. The molecule has 33 heavy (non-hydrogen) atoms. The Kier molecular flexibility index (Phi) is 5.43. The number of nitrogens with one attached hydrogen (secondary N) is 2. The quantitative estimate of drug-likeness (QED) is 0.581. The predicted octanol–water partition coefficient (Wildman–Crippen LogP) is 2.94. The van der Waals surface area contributed by atoms with Gasteiger partial charge in [-0.2, -0.15) is 11.3 Å². The van der Waals surface area contributed by atoms with Gasteiger partial charge in [-0.15, -0.1) is 0 Å². The first-order chi connectivity index (χ1) is 15.9. The lowest BCUT2D eigenvalue weighted by atomic mass is 10.0. The van der Waals surface area contributed by atoms with Gasteiger partial charge in [-0.3, -0.25) is 9.59 Å². The van der Waals surface area contributed by atoms with Gasteiger partial charge in [0.2, 0.25) is 15.9 Å². The van der Waals surface area contributed by atoms with Crippen LogP contribution in [0.3, 0.4) is 0 Å². The third-order valence-corrected chi connectivity index (χ3v) is 8.16. The summed E-state index contributed by atoms with van der Waals surface area (Å²) in [6.07, 6.45) is 0.332. The number of thiophene rings is 1. The van der Waals surface area contributed by atoms with Crippen LogP contribution in [0.25, 0.3) is 11.1 Å². The number of hydrogen-bond acceptors (Lipinski definition) is 6. The van der Waals surface area contributed by atoms with Crippen molar-refractivity contribution in [1.82, 2.24) is 9.62 Å². The third kappa shape index (κ3) is 3.90. The highest BCUT2D eigenvalue weighted by Crippen LogP contribution is 2.33. The van der Waals surface area contributed by atoms with Crippen LogP contribution in [0.4, 0.5) is 5.69 Å². The van der Waals surface area contributed by atoms with Crippen LogP contribution >= 0.6 is 11.3 Å². The first-order valence-electron chi connectivity index (χ1n) is 10.3. The van der Waals surface area contributed by atoms with Gasteiger partial charge in [-0.25, -0.2) is 13.1 Å². The molecule has 2 atom stereocenters. The first kappa shape index (κ1) is 21.6. The molecule has 1 fully saturated rings. The number of ether oxygens (including phenoxy) is 1. The minimum absolute atomic E-state index is 0.0609. The molecule has 0 bridgehead atoms. The molecule has 2 amide bonds. The van der Waals surface area contributed by atoms with Crippen molar-refractivity contribution in [2.45, 2.75) is 23.4 Å². The maximum Gasteiger partial charge on any atom is 0.256 e. The number of nitrogens with zero attached hydrogens (tertiary/aromatic N) is 1. The lowest BCUT2D eigenvalue weighted by molar-refractivity contribution is -0.120. The van der Waals surface area contributed by atoms with E-state index in [2.05, 4.69) is 10.0 Å². The molecule has 0 spiro atoms. The van der Waals surface area contributed by atoms with Crippen molar-refractivity contribution in [1.29, 1.82) is 0 Å². The normalized spacial score (nSPS) is 20.1. The Labute approximate surface area is 195 Å². The first-order valence-corrected chi connectivity index (χ1v) is 12.7. The summed E-state index contributed by atoms with van der Waals surface area (Å²) in [6.45, 7) is 0.273. The van der Waals surface area contributed by atoms with Gasteiger partial charge in [-0.1, -0.05) is 6.07 Å². The van der Waals surface area contributed by atoms with Gasteiger partial charge in [0.1, 0.15) is 11.8 Å². The van der Waals surface area contributed by atoms with E-state index in [0.717, 1.165) is 11.1 Å². The molecule has 1 aromatic heterocycles. The Hall–Kier alpha value is -3.21. The SMILES string of the molecule is COc1ccc(S(=O)(=O)N[C@H]2CCN3C(=O)c4cc(-c5ccsc5)ccc4NC(=O)[C@H]23)cc1. The molecule has 2 aliphatic rings. The molecule has 0 radical (unpaired) electrons. The predicted molar refractivity (Wildman–Crippen MR) is 125 cm³/mol. The van der Waals surface area contributed by atoms with Crippen LogP contribution in [-0.4, -0.2) is 50.9 Å². The number of sulfonamides is 1. The summed E-state index contributed by atoms with van der Waals surface area (Å²) < 4.78 is 33.6. The number of rotatable bonds is 5. The van der Waals surface area contributed by atoms with E-state index in [0.29, 0.717) is 23.4 Å². The third-order valence-electron chi connectivity index (χ3n) is 5.97. The van der Waals surface area contributed by atoms with Crippen molar-refractivity contribution >= 4 is 38.9 Å². The number of hydrogen-bond donors (Lipinski definition) is 2. The summed E-state index contributed by atoms with van der Waals surface area (Å²) in [5, 5.41) is 6.77. The van der Waals surface area contributed by atoms with Crippen LogP contribution in [-0.2, 0) is 14.8 Å². The van der Waals surface area contributed by atoms with Crippen LogP contribution in [0.5, 0.6) is 5.75 Å². The molecular weight excluding hydrogens is 462 g/mol. The average Bonchev–Trinajstić information content (AvgIpc) is 3.47. The fraction of sp³-hybridized carbons (Fsp3) is 0.217. The van der Waals surface area contributed by atoms with E-state index in [4.69, 9.17) is 4.74 Å². The van der Waals surface area contributed by atoms with Gasteiger partial charge in [0.25, 0.3) is 5.91 Å². The van der Waals surface area contributed by atoms with Crippen molar-refractivity contribution in [3.05, 3.63) is 64.9 Å². The van der Waals surface area contributed by atoms with E-state index in [9.17, 15) is 18.0 Å². The molecule has 2 aromatic carbocycles. The molecule has 8 nitrogen and oxygen atoms in total. The summed E-state index contributed by atoms with van der Waals surface area (Å²) in [5.74, 6) is -0.170. The lowest BCUT2D eigenvalue weighted by Gasteiger charge is -2.25. The molecule has 1 saturated heterocycles. The lowest BCUT2D eigenvalue weighted by Crippen LogP contribution is -2.51. The molecule has 0 saturated carbocycles. The number of benzene rings is 2. The van der Waals surface area contributed by atoms with Crippen LogP contribution in [0.2, 0.25) is 0 Å². The average molecular weight is 484 g/mol. The van der Waals surface area contributed by atoms with Crippen LogP contribution in [0.1, 0.15) is 16.8 Å². The number of anilines is 1. The minimum atomic E-state index is -3.90. The Morgan fingerprint density at radius 2 is 1.88 bits per heavy atom. The van der Waals surface area contributed by atoms with E-state index in [-0.39, 0.29) is 17.3 Å². The van der Waals surface area contributed by atoms with Crippen molar-refractivity contribution in [2.24, 2.45) is 0 Å². The van der Waals surface area contributed by atoms with Crippen molar-refractivity contribution < 1.29 is 22.7 Å². The molecule has 0 unspecified atom stereocenters. The van der Waals surface area contributed by atoms with E-state index in [1.165, 1.54) is 24.1 Å². The molecule has 2 aliphatic heterocycles. The molecular formula is C23H21N3O5S2. The molecule has 0 aliphatic carbocycles. The van der Waals surface area contributed by atoms with Crippen molar-refractivity contribution in [3.8, 4) is 16.9 Å². The van der Waals surface area contributed by atoms with Gasteiger partial charge < -0.3 is 15.0 Å². The zero-order valence-corrected chi connectivity index (χ0v) is 19.3. The smallest absolute Gasteiger partial charge is 0.256 e. The molecule has 3 aromatic rings. The van der Waals surface area contributed by atoms with Gasteiger partial charge in [0.15, 0.2) is 0 Å². The highest BCUT2D eigenvalue weighted by Gasteiger charge is 2.46. The maximum absolute atomic E-state index is 13.4. The summed E-state index contributed by atoms with van der Waals surface area (Å²) in [5.41, 5.74) is 2.70. The van der Waals surface area contributed by atoms with Gasteiger partial charge in [-0.05, 0) is 70.8 Å². The number of methoxy groups -OCH3 is 1. The zero-order chi connectivity index (χ0) is 23.2. The molecule has 170 valence electrons. The van der Waals surface area contributed by atoms with Crippen LogP contribution in [0, 0.1) is 0 Å².